The van der Waals surface area contributed by atoms with Crippen molar-refractivity contribution in [2.24, 2.45) is 4.99 Å². The number of allylic oxidation sites excluding steroid dienone is 1. The molecule has 5 heterocycles. The highest BCUT2D eigenvalue weighted by Crippen LogP contribution is 2.38. The molecule has 1 fully saturated rings. The van der Waals surface area contributed by atoms with Crippen LogP contribution in [0.4, 0.5) is 5.88 Å². The number of esters is 1. The lowest BCUT2D eigenvalue weighted by molar-refractivity contribution is -0.139. The molecule has 38 heavy (non-hydrogen) atoms. The fourth-order valence-electron chi connectivity index (χ4n) is 4.75. The van der Waals surface area contributed by atoms with Crippen molar-refractivity contribution < 1.29 is 28.2 Å². The number of hydrogen-bond donors (Lipinski definition) is 0. The van der Waals surface area contributed by atoms with Crippen molar-refractivity contribution in [1.82, 2.24) is 4.57 Å². The molecular weight excluding hydrogens is 578 g/mol. The van der Waals surface area contributed by atoms with Crippen LogP contribution in [0.3, 0.4) is 0 Å². The molecule has 0 saturated carbocycles. The molecule has 0 radical (unpaired) electrons. The Labute approximate surface area is 229 Å². The molecule has 0 spiro atoms. The topological polar surface area (TPSA) is 105 Å². The fraction of sp³-hybridized carbons (Fsp3) is 0.346. The molecule has 0 amide bonds. The lowest BCUT2D eigenvalue weighted by atomic mass is 9.95. The van der Waals surface area contributed by atoms with E-state index >= 15 is 0 Å². The van der Waals surface area contributed by atoms with Crippen LogP contribution < -0.4 is 29.3 Å². The van der Waals surface area contributed by atoms with Gasteiger partial charge in [0.15, 0.2) is 16.3 Å². The van der Waals surface area contributed by atoms with E-state index in [0.29, 0.717) is 62.5 Å². The lowest BCUT2D eigenvalue weighted by Crippen LogP contribution is -2.39. The maximum absolute atomic E-state index is 13.8. The summed E-state index contributed by atoms with van der Waals surface area (Å²) < 4.78 is 30.7. The zero-order valence-corrected chi connectivity index (χ0v) is 23.1. The van der Waals surface area contributed by atoms with Gasteiger partial charge in [-0.25, -0.2) is 9.79 Å². The highest BCUT2D eigenvalue weighted by molar-refractivity contribution is 9.10. The summed E-state index contributed by atoms with van der Waals surface area (Å²) in [6.07, 6.45) is 1.71. The van der Waals surface area contributed by atoms with Crippen LogP contribution in [0.5, 0.6) is 11.5 Å². The van der Waals surface area contributed by atoms with Gasteiger partial charge in [-0.2, -0.15) is 0 Å². The number of carbonyl (C=O) groups is 1. The van der Waals surface area contributed by atoms with Crippen LogP contribution >= 0.6 is 27.3 Å². The molecule has 1 saturated heterocycles. The number of rotatable bonds is 5. The van der Waals surface area contributed by atoms with E-state index in [2.05, 4.69) is 25.8 Å². The molecule has 10 nitrogen and oxygen atoms in total. The molecule has 2 aromatic heterocycles. The van der Waals surface area contributed by atoms with E-state index in [9.17, 15) is 9.59 Å². The largest absolute Gasteiger partial charge is 0.463 e. The van der Waals surface area contributed by atoms with Crippen molar-refractivity contribution in [1.29, 1.82) is 0 Å². The van der Waals surface area contributed by atoms with Gasteiger partial charge in [0.05, 0.1) is 46.1 Å². The van der Waals surface area contributed by atoms with Gasteiger partial charge in [0, 0.05) is 25.2 Å². The van der Waals surface area contributed by atoms with Crippen molar-refractivity contribution >= 4 is 45.2 Å². The third-order valence-corrected chi connectivity index (χ3v) is 8.04. The van der Waals surface area contributed by atoms with Crippen molar-refractivity contribution in [2.45, 2.75) is 19.9 Å². The van der Waals surface area contributed by atoms with Gasteiger partial charge in [0.1, 0.15) is 5.76 Å². The van der Waals surface area contributed by atoms with Crippen LogP contribution in [0.2, 0.25) is 0 Å². The van der Waals surface area contributed by atoms with Gasteiger partial charge in [-0.15, -0.1) is 0 Å². The van der Waals surface area contributed by atoms with Crippen LogP contribution in [-0.2, 0) is 14.3 Å². The number of thiazole rings is 1. The second kappa shape index (κ2) is 10.1. The number of hydrogen-bond acceptors (Lipinski definition) is 10. The van der Waals surface area contributed by atoms with Gasteiger partial charge < -0.3 is 28.3 Å². The van der Waals surface area contributed by atoms with Crippen LogP contribution in [0, 0.1) is 0 Å². The molecular formula is C26H24BrN3O7S. The third-order valence-electron chi connectivity index (χ3n) is 6.49. The molecule has 1 atom stereocenters. The molecule has 6 rings (SSSR count). The van der Waals surface area contributed by atoms with Crippen molar-refractivity contribution in [3.05, 3.63) is 71.0 Å². The Balaban J connectivity index is 1.47. The van der Waals surface area contributed by atoms with Crippen molar-refractivity contribution in [3.63, 3.8) is 0 Å². The summed E-state index contributed by atoms with van der Waals surface area (Å²) in [5, 5.41) is 0. The zero-order valence-electron chi connectivity index (χ0n) is 20.7. The number of anilines is 1. The van der Waals surface area contributed by atoms with Gasteiger partial charge in [0.25, 0.3) is 5.56 Å². The Kier molecular flexibility index (Phi) is 6.62. The predicted molar refractivity (Wildman–Crippen MR) is 142 cm³/mol. The second-order valence-corrected chi connectivity index (χ2v) is 10.7. The first kappa shape index (κ1) is 25.0. The number of morpholine rings is 1. The smallest absolute Gasteiger partial charge is 0.338 e. The Bertz CT molecular complexity index is 1630. The summed E-state index contributed by atoms with van der Waals surface area (Å²) in [5.41, 5.74) is 1.20. The zero-order chi connectivity index (χ0) is 26.4. The Morgan fingerprint density at radius 3 is 2.82 bits per heavy atom. The average Bonchev–Trinajstić information content (AvgIpc) is 3.61. The summed E-state index contributed by atoms with van der Waals surface area (Å²) >= 11 is 4.82. The second-order valence-electron chi connectivity index (χ2n) is 8.82. The molecule has 198 valence electrons. The maximum Gasteiger partial charge on any atom is 0.338 e. The third kappa shape index (κ3) is 4.36. The monoisotopic (exact) mass is 601 g/mol. The summed E-state index contributed by atoms with van der Waals surface area (Å²) in [6.45, 7) is 6.51. The normalized spacial score (nSPS) is 19.0. The molecule has 3 aromatic rings. The summed E-state index contributed by atoms with van der Waals surface area (Å²) in [4.78, 5) is 34.1. The van der Waals surface area contributed by atoms with Gasteiger partial charge in [-0.1, -0.05) is 17.4 Å². The summed E-state index contributed by atoms with van der Waals surface area (Å²) in [6, 6.07) is 6.49. The fourth-order valence-corrected chi connectivity index (χ4v) is 6.33. The minimum atomic E-state index is -0.741. The lowest BCUT2D eigenvalue weighted by Gasteiger charge is -2.26. The van der Waals surface area contributed by atoms with E-state index in [1.165, 1.54) is 15.9 Å². The number of halogens is 1. The minimum absolute atomic E-state index is 0.117. The minimum Gasteiger partial charge on any atom is -0.463 e. The molecule has 0 bridgehead atoms. The first-order valence-corrected chi connectivity index (χ1v) is 13.8. The molecule has 1 aromatic carbocycles. The number of aromatic nitrogens is 1. The Hall–Kier alpha value is -3.35. The van der Waals surface area contributed by atoms with E-state index in [0.717, 1.165) is 17.6 Å². The van der Waals surface area contributed by atoms with E-state index < -0.39 is 12.0 Å². The maximum atomic E-state index is 13.8. The van der Waals surface area contributed by atoms with Crippen LogP contribution in [-0.4, -0.2) is 50.2 Å². The van der Waals surface area contributed by atoms with Crippen LogP contribution in [0.15, 0.2) is 54.2 Å². The van der Waals surface area contributed by atoms with Crippen LogP contribution in [0.25, 0.3) is 6.08 Å². The first-order chi connectivity index (χ1) is 18.4. The molecule has 0 aliphatic carbocycles. The predicted octanol–water partition coefficient (Wildman–Crippen LogP) is 2.72. The van der Waals surface area contributed by atoms with Gasteiger partial charge >= 0.3 is 5.97 Å². The number of ether oxygens (including phenoxy) is 4. The quantitative estimate of drug-likeness (QED) is 0.411. The van der Waals surface area contributed by atoms with Crippen molar-refractivity contribution in [2.75, 3.05) is 44.6 Å². The number of carbonyl (C=O) groups excluding carboxylic acids is 1. The number of nitrogens with zero attached hydrogens (tertiary/aromatic N) is 3. The molecule has 12 heteroatoms. The highest BCUT2D eigenvalue weighted by Gasteiger charge is 2.34. The Morgan fingerprint density at radius 1 is 1.24 bits per heavy atom. The summed E-state index contributed by atoms with van der Waals surface area (Å²) in [7, 11) is 0. The van der Waals surface area contributed by atoms with E-state index in [-0.39, 0.29) is 19.0 Å². The van der Waals surface area contributed by atoms with Crippen LogP contribution in [0.1, 0.15) is 31.2 Å². The number of fused-ring (bicyclic) bond motifs is 2. The van der Waals surface area contributed by atoms with E-state index in [1.807, 2.05) is 12.1 Å². The number of furan rings is 1. The standard InChI is InChI=1S/C26H24BrN3O7S/c1-3-34-25(32)21-14(2)28-26-30(22(21)15-4-5-18-19(10-15)36-13-35-18)23(31)20(38-26)12-16-11-17(27)24(37-16)29-6-8-33-9-7-29/h4-5,10-12,22H,3,6-9,13H2,1-2H3/b20-12+. The van der Waals surface area contributed by atoms with Gasteiger partial charge in [-0.3, -0.25) is 9.36 Å². The van der Waals surface area contributed by atoms with E-state index in [4.69, 9.17) is 23.4 Å². The summed E-state index contributed by atoms with van der Waals surface area (Å²) in [5.74, 6) is 1.88. The highest BCUT2D eigenvalue weighted by atomic mass is 79.9. The molecule has 3 aliphatic rings. The van der Waals surface area contributed by atoms with Crippen molar-refractivity contribution in [3.8, 4) is 11.5 Å². The molecule has 0 N–H and O–H groups in total. The van der Waals surface area contributed by atoms with Gasteiger partial charge in [-0.05, 0) is 47.5 Å². The first-order valence-electron chi connectivity index (χ1n) is 12.2. The molecule has 1 unspecified atom stereocenters. The molecule has 3 aliphatic heterocycles. The average molecular weight is 602 g/mol. The Morgan fingerprint density at radius 2 is 2.03 bits per heavy atom. The van der Waals surface area contributed by atoms with E-state index in [1.54, 1.807) is 32.1 Å². The van der Waals surface area contributed by atoms with Gasteiger partial charge in [0.2, 0.25) is 12.7 Å². The number of benzene rings is 1. The SMILES string of the molecule is CCOC(=O)C1=C(C)N=c2s/c(=C/c3cc(Br)c(N4CCOCC4)o3)c(=O)n2C1c1ccc2c(c1)OCO2.